The van der Waals surface area contributed by atoms with Crippen LogP contribution in [0.4, 0.5) is 0 Å². The van der Waals surface area contributed by atoms with E-state index in [9.17, 15) is 19.0 Å². The molecule has 0 aromatic rings. The van der Waals surface area contributed by atoms with Gasteiger partial charge >= 0.3 is 19.8 Å². The topological polar surface area (TPSA) is 134 Å². The Hall–Kier alpha value is -5.15. The molecule has 0 saturated heterocycles. The largest absolute Gasteiger partial charge is 0.472 e. The fourth-order valence-corrected chi connectivity index (χ4v) is 11.4. The van der Waals surface area contributed by atoms with Crippen molar-refractivity contribution in [3.8, 4) is 0 Å². The molecular weight excluding hydrogens is 1240 g/mol. The Kier molecular flexibility index (Phi) is 77.6. The van der Waals surface area contributed by atoms with Crippen molar-refractivity contribution < 1.29 is 37.6 Å². The number of ether oxygens (including phenoxy) is 2. The van der Waals surface area contributed by atoms with E-state index in [0.29, 0.717) is 6.42 Å². The van der Waals surface area contributed by atoms with Gasteiger partial charge in [0, 0.05) is 19.4 Å². The first-order chi connectivity index (χ1) is 48.8. The lowest BCUT2D eigenvalue weighted by atomic mass is 10.0. The first kappa shape index (κ1) is 93.8. The van der Waals surface area contributed by atoms with Crippen LogP contribution in [0.15, 0.2) is 194 Å². The molecule has 0 fully saturated rings. The molecule has 0 aliphatic carbocycles. The highest BCUT2D eigenvalue weighted by molar-refractivity contribution is 7.47. The Balaban J connectivity index is 3.91. The van der Waals surface area contributed by atoms with E-state index in [1.165, 1.54) is 135 Å². The molecular formula is C89H146NO8P. The summed E-state index contributed by atoms with van der Waals surface area (Å²) in [5.41, 5.74) is 5.41. The Labute approximate surface area is 608 Å². The van der Waals surface area contributed by atoms with Crippen LogP contribution in [0.5, 0.6) is 0 Å². The van der Waals surface area contributed by atoms with E-state index < -0.39 is 26.5 Å². The van der Waals surface area contributed by atoms with Gasteiger partial charge in [-0.3, -0.25) is 18.6 Å². The standard InChI is InChI=1S/C89H146NO8P/c1-3-5-7-9-11-13-15-17-19-21-23-25-27-29-31-33-35-37-39-41-42-43-44-46-48-50-52-54-56-58-60-62-64-66-68-70-72-74-76-78-80-82-89(92)98-87(86-97-99(93,94)96-84-83-90)85-95-88(91)81-79-77-75-73-71-69-67-65-63-61-59-57-55-53-51-49-47-45-40-38-36-34-32-30-28-26-24-22-20-18-16-14-12-10-8-6-4-2/h5-8,11-14,17-20,23-26,29-32,35,37,41-42,44,46,50,52,56,58,62,64,87H,3-4,9-10,15-16,21-22,27-28,33-34,36,38-40,43,45,47-49,51,53-55,57,59-61,63,65-86,90H2,1-2H3,(H,93,94)/b7-5-,8-6-,13-11-,14-12-,19-17-,20-18-,25-23-,26-24-,31-29-,32-30-,37-35-,42-41-,46-44-,52-50-,58-56-,64-62-. The summed E-state index contributed by atoms with van der Waals surface area (Å²) in [6, 6.07) is 0. The number of unbranched alkanes of at least 4 members (excludes halogenated alkanes) is 28. The third-order valence-electron chi connectivity index (χ3n) is 16.5. The maximum atomic E-state index is 12.8. The molecule has 0 bridgehead atoms. The molecule has 9 nitrogen and oxygen atoms in total. The van der Waals surface area contributed by atoms with Crippen molar-refractivity contribution in [3.05, 3.63) is 194 Å². The molecule has 560 valence electrons. The van der Waals surface area contributed by atoms with Crippen LogP contribution < -0.4 is 5.73 Å². The highest BCUT2D eigenvalue weighted by Crippen LogP contribution is 2.43. The van der Waals surface area contributed by atoms with E-state index in [1.54, 1.807) is 0 Å². The summed E-state index contributed by atoms with van der Waals surface area (Å²) < 4.78 is 33.3. The third kappa shape index (κ3) is 81.7. The van der Waals surface area contributed by atoms with E-state index in [4.69, 9.17) is 24.3 Å². The molecule has 0 aromatic heterocycles. The van der Waals surface area contributed by atoms with Crippen molar-refractivity contribution in [3.63, 3.8) is 0 Å². The normalized spacial score (nSPS) is 13.9. The van der Waals surface area contributed by atoms with Gasteiger partial charge in [-0.1, -0.05) is 362 Å². The lowest BCUT2D eigenvalue weighted by Gasteiger charge is -2.19. The summed E-state index contributed by atoms with van der Waals surface area (Å²) in [6.45, 7) is 3.51. The quantitative estimate of drug-likeness (QED) is 0.0264. The second-order valence-electron chi connectivity index (χ2n) is 25.8. The molecule has 2 atom stereocenters. The van der Waals surface area contributed by atoms with E-state index in [0.717, 1.165) is 154 Å². The summed E-state index contributed by atoms with van der Waals surface area (Å²) in [5.74, 6) is -0.841. The van der Waals surface area contributed by atoms with Crippen LogP contribution in [-0.4, -0.2) is 49.3 Å². The predicted molar refractivity (Wildman–Crippen MR) is 431 cm³/mol. The minimum absolute atomic E-state index is 0.0440. The average Bonchev–Trinajstić information content (AvgIpc) is 1.19. The van der Waals surface area contributed by atoms with Gasteiger partial charge < -0.3 is 20.1 Å². The van der Waals surface area contributed by atoms with E-state index in [-0.39, 0.29) is 38.6 Å². The number of hydrogen-bond acceptors (Lipinski definition) is 8. The van der Waals surface area contributed by atoms with Gasteiger partial charge in [0.25, 0.3) is 0 Å². The van der Waals surface area contributed by atoms with Crippen LogP contribution in [-0.2, 0) is 32.7 Å². The Bertz CT molecular complexity index is 2340. The van der Waals surface area contributed by atoms with Gasteiger partial charge in [0.2, 0.25) is 0 Å². The van der Waals surface area contributed by atoms with Gasteiger partial charge in [-0.2, -0.15) is 0 Å². The number of esters is 2. The fourth-order valence-electron chi connectivity index (χ4n) is 10.7. The van der Waals surface area contributed by atoms with E-state index in [2.05, 4.69) is 208 Å². The molecule has 0 radical (unpaired) electrons. The molecule has 0 heterocycles. The lowest BCUT2D eigenvalue weighted by molar-refractivity contribution is -0.161. The molecule has 0 aliphatic rings. The summed E-state index contributed by atoms with van der Waals surface area (Å²) in [6.07, 6.45) is 124. The van der Waals surface area contributed by atoms with Crippen LogP contribution in [0.2, 0.25) is 0 Å². The van der Waals surface area contributed by atoms with E-state index >= 15 is 0 Å². The third-order valence-corrected chi connectivity index (χ3v) is 17.5. The molecule has 0 spiro atoms. The molecule has 0 aliphatic heterocycles. The van der Waals surface area contributed by atoms with Gasteiger partial charge in [0.05, 0.1) is 13.2 Å². The van der Waals surface area contributed by atoms with Crippen LogP contribution in [0.1, 0.15) is 322 Å². The van der Waals surface area contributed by atoms with Gasteiger partial charge in [0.15, 0.2) is 6.10 Å². The van der Waals surface area contributed by atoms with Crippen molar-refractivity contribution in [1.82, 2.24) is 0 Å². The van der Waals surface area contributed by atoms with E-state index in [1.807, 2.05) is 0 Å². The summed E-state index contributed by atoms with van der Waals surface area (Å²) in [5, 5.41) is 0. The minimum atomic E-state index is -4.41. The number of allylic oxidation sites excluding steroid dienone is 32. The van der Waals surface area contributed by atoms with Gasteiger partial charge in [0.1, 0.15) is 6.61 Å². The van der Waals surface area contributed by atoms with Crippen LogP contribution >= 0.6 is 7.82 Å². The smallest absolute Gasteiger partial charge is 0.462 e. The number of rotatable bonds is 73. The number of nitrogens with two attached hydrogens (primary N) is 1. The number of carbonyl (C=O) groups excluding carboxylic acids is 2. The highest BCUT2D eigenvalue weighted by Gasteiger charge is 2.26. The van der Waals surface area contributed by atoms with Crippen LogP contribution in [0.3, 0.4) is 0 Å². The molecule has 0 saturated carbocycles. The van der Waals surface area contributed by atoms with Crippen LogP contribution in [0.25, 0.3) is 0 Å². The van der Waals surface area contributed by atoms with Crippen molar-refractivity contribution in [2.75, 3.05) is 26.4 Å². The van der Waals surface area contributed by atoms with Crippen molar-refractivity contribution in [2.24, 2.45) is 5.73 Å². The average molecular weight is 1390 g/mol. The van der Waals surface area contributed by atoms with Crippen LogP contribution in [0, 0.1) is 0 Å². The second kappa shape index (κ2) is 81.8. The second-order valence-corrected chi connectivity index (χ2v) is 27.3. The summed E-state index contributed by atoms with van der Waals surface area (Å²) >= 11 is 0. The minimum Gasteiger partial charge on any atom is -0.462 e. The monoisotopic (exact) mass is 1390 g/mol. The van der Waals surface area contributed by atoms with Gasteiger partial charge in [-0.05, 0) is 141 Å². The molecule has 99 heavy (non-hydrogen) atoms. The SMILES string of the molecule is CC/C=C\C/C=C\C/C=C\C/C=C\C/C=C\C/C=C\C/C=C\C/C=C\C/C=C\C/C=C\C/C=C\CCCCCCCCCC(=O)OC(COC(=O)CCCCCCCCCCCCCCCCCCCCCCC/C=C\C/C=C\C/C=C\C/C=C\C/C=C\CC)COP(=O)(O)OCCN. The lowest BCUT2D eigenvalue weighted by Crippen LogP contribution is -2.29. The highest BCUT2D eigenvalue weighted by atomic mass is 31.2. The summed E-state index contributed by atoms with van der Waals surface area (Å²) in [7, 11) is -4.41. The molecule has 2 unspecified atom stereocenters. The fraction of sp³-hybridized carbons (Fsp3) is 0.618. The van der Waals surface area contributed by atoms with Gasteiger partial charge in [-0.25, -0.2) is 4.57 Å². The predicted octanol–water partition coefficient (Wildman–Crippen LogP) is 27.2. The number of phosphoric acid groups is 1. The number of carbonyl (C=O) groups is 2. The zero-order chi connectivity index (χ0) is 71.5. The maximum absolute atomic E-state index is 12.8. The summed E-state index contributed by atoms with van der Waals surface area (Å²) in [4.78, 5) is 35.5. The molecule has 0 aromatic carbocycles. The first-order valence-corrected chi connectivity index (χ1v) is 41.4. The molecule has 0 rings (SSSR count). The zero-order valence-corrected chi connectivity index (χ0v) is 64.0. The van der Waals surface area contributed by atoms with Crippen molar-refractivity contribution in [2.45, 2.75) is 328 Å². The van der Waals surface area contributed by atoms with Crippen molar-refractivity contribution >= 4 is 19.8 Å². The molecule has 10 heteroatoms. The Morgan fingerprint density at radius 1 is 0.303 bits per heavy atom. The molecule has 0 amide bonds. The van der Waals surface area contributed by atoms with Crippen molar-refractivity contribution in [1.29, 1.82) is 0 Å². The maximum Gasteiger partial charge on any atom is 0.472 e. The zero-order valence-electron chi connectivity index (χ0n) is 63.2. The Morgan fingerprint density at radius 2 is 0.525 bits per heavy atom. The number of phosphoric ester groups is 1. The van der Waals surface area contributed by atoms with Gasteiger partial charge in [-0.15, -0.1) is 0 Å². The Morgan fingerprint density at radius 3 is 0.778 bits per heavy atom. The number of hydrogen-bond donors (Lipinski definition) is 2. The first-order valence-electron chi connectivity index (χ1n) is 39.9. The molecule has 3 N–H and O–H groups in total.